The van der Waals surface area contributed by atoms with Crippen LogP contribution >= 0.6 is 0 Å². The molecule has 174 valence electrons. The maximum Gasteiger partial charge on any atom is 0.0638 e. The second-order valence-electron chi connectivity index (χ2n) is 13.0. The minimum atomic E-state index is -0.302. The van der Waals surface area contributed by atoms with Gasteiger partial charge >= 0.3 is 0 Å². The Labute approximate surface area is 190 Å². The molecule has 0 aromatic heterocycles. The molecule has 2 nitrogen and oxygen atoms in total. The SMILES string of the molecule is C=C(C)C(=C)CC(O)[C@@H](C)[C@H]1CC[C@H]2[C@@H]3C[C@@H](OC)[C@]45C[C@@H]4CC[C@]5(C)[C@H]3CC[C@]12C. The maximum absolute atomic E-state index is 11.1. The lowest BCUT2D eigenvalue weighted by Crippen LogP contribution is -2.57. The summed E-state index contributed by atoms with van der Waals surface area (Å²) >= 11 is 0. The van der Waals surface area contributed by atoms with Crippen LogP contribution in [0.2, 0.25) is 0 Å². The van der Waals surface area contributed by atoms with E-state index >= 15 is 0 Å². The van der Waals surface area contributed by atoms with Gasteiger partial charge in [0.25, 0.3) is 0 Å². The Morgan fingerprint density at radius 2 is 1.84 bits per heavy atom. The van der Waals surface area contributed by atoms with Gasteiger partial charge in [0.2, 0.25) is 0 Å². The number of rotatable bonds is 6. The minimum absolute atomic E-state index is 0.302. The number of ether oxygens (including phenoxy) is 1. The average molecular weight is 427 g/mol. The van der Waals surface area contributed by atoms with Crippen LogP contribution in [0, 0.1) is 51.8 Å². The molecular weight excluding hydrogens is 380 g/mol. The highest BCUT2D eigenvalue weighted by Crippen LogP contribution is 2.82. The van der Waals surface area contributed by atoms with Gasteiger partial charge in [0.15, 0.2) is 0 Å². The van der Waals surface area contributed by atoms with Gasteiger partial charge in [-0.05, 0) is 111 Å². The van der Waals surface area contributed by atoms with Crippen molar-refractivity contribution in [2.24, 2.45) is 51.8 Å². The van der Waals surface area contributed by atoms with Crippen molar-refractivity contribution in [1.29, 1.82) is 0 Å². The van der Waals surface area contributed by atoms with Gasteiger partial charge in [-0.15, -0.1) is 0 Å². The first-order valence-electron chi connectivity index (χ1n) is 13.1. The van der Waals surface area contributed by atoms with Crippen LogP contribution < -0.4 is 0 Å². The lowest BCUT2D eigenvalue weighted by Gasteiger charge is -2.61. The van der Waals surface area contributed by atoms with Crippen LogP contribution in [-0.2, 0) is 4.74 Å². The molecule has 0 bridgehead atoms. The molecule has 0 heterocycles. The molecule has 2 heteroatoms. The van der Waals surface area contributed by atoms with E-state index in [0.29, 0.717) is 40.6 Å². The predicted octanol–water partition coefficient (Wildman–Crippen LogP) is 6.79. The number of hydrogen-bond acceptors (Lipinski definition) is 2. The third kappa shape index (κ3) is 2.82. The second kappa shape index (κ2) is 7.20. The second-order valence-corrected chi connectivity index (χ2v) is 13.0. The van der Waals surface area contributed by atoms with Crippen LogP contribution in [0.4, 0.5) is 0 Å². The lowest BCUT2D eigenvalue weighted by atomic mass is 9.45. The highest BCUT2D eigenvalue weighted by molar-refractivity contribution is 5.26. The van der Waals surface area contributed by atoms with Crippen LogP contribution in [0.15, 0.2) is 24.3 Å². The lowest BCUT2D eigenvalue weighted by molar-refractivity contribution is -0.162. The monoisotopic (exact) mass is 426 g/mol. The predicted molar refractivity (Wildman–Crippen MR) is 128 cm³/mol. The summed E-state index contributed by atoms with van der Waals surface area (Å²) in [5.41, 5.74) is 3.41. The molecule has 5 saturated carbocycles. The molecule has 5 aliphatic carbocycles. The first-order chi connectivity index (χ1) is 14.6. The van der Waals surface area contributed by atoms with E-state index in [4.69, 9.17) is 4.74 Å². The van der Waals surface area contributed by atoms with Gasteiger partial charge in [0, 0.05) is 12.5 Å². The van der Waals surface area contributed by atoms with Crippen molar-refractivity contribution in [3.63, 3.8) is 0 Å². The topological polar surface area (TPSA) is 29.5 Å². The maximum atomic E-state index is 11.1. The number of methoxy groups -OCH3 is 1. The zero-order chi connectivity index (χ0) is 22.3. The number of aliphatic hydroxyl groups excluding tert-OH is 1. The molecule has 1 N–H and O–H groups in total. The van der Waals surface area contributed by atoms with E-state index in [1.54, 1.807) is 0 Å². The number of allylic oxidation sites excluding steroid dienone is 1. The normalized spacial score (nSPS) is 51.8. The Morgan fingerprint density at radius 3 is 2.48 bits per heavy atom. The smallest absolute Gasteiger partial charge is 0.0638 e. The third-order valence-electron chi connectivity index (χ3n) is 12.2. The van der Waals surface area contributed by atoms with E-state index in [0.717, 1.165) is 34.8 Å². The van der Waals surface area contributed by atoms with E-state index in [2.05, 4.69) is 33.9 Å². The van der Waals surface area contributed by atoms with Crippen molar-refractivity contribution in [1.82, 2.24) is 0 Å². The largest absolute Gasteiger partial charge is 0.392 e. The first kappa shape index (κ1) is 22.2. The molecule has 5 aliphatic rings. The van der Waals surface area contributed by atoms with E-state index in [-0.39, 0.29) is 6.10 Å². The first-order valence-corrected chi connectivity index (χ1v) is 13.1. The summed E-state index contributed by atoms with van der Waals surface area (Å²) in [5.74, 6) is 4.41. The molecule has 0 aliphatic heterocycles. The van der Waals surface area contributed by atoms with Crippen LogP contribution in [0.3, 0.4) is 0 Å². The van der Waals surface area contributed by atoms with Gasteiger partial charge in [-0.3, -0.25) is 0 Å². The van der Waals surface area contributed by atoms with E-state index < -0.39 is 0 Å². The van der Waals surface area contributed by atoms with Crippen molar-refractivity contribution in [2.75, 3.05) is 7.11 Å². The standard InChI is InChI=1S/C29H46O2/c1-17(2)18(3)14-25(30)19(4)22-8-9-23-21-15-26(31-7)29-16-20(29)10-13-28(29,6)24(21)11-12-27(22,23)5/h19-26,30H,1,3,8-16H2,2,4-7H3/t19-,20-,21-,22+,23-,24-,25?,26+,27+,28+,29-/m0/s1. The summed E-state index contributed by atoms with van der Waals surface area (Å²) in [6, 6.07) is 0. The van der Waals surface area contributed by atoms with Crippen LogP contribution in [0.1, 0.15) is 85.5 Å². The fraction of sp³-hybridized carbons (Fsp3) is 0.862. The van der Waals surface area contributed by atoms with Crippen molar-refractivity contribution < 1.29 is 9.84 Å². The Kier molecular flexibility index (Phi) is 5.16. The third-order valence-corrected chi connectivity index (χ3v) is 12.2. The Morgan fingerprint density at radius 1 is 1.10 bits per heavy atom. The number of fused-ring (bicyclic) bond motifs is 4. The zero-order valence-corrected chi connectivity index (χ0v) is 20.8. The minimum Gasteiger partial charge on any atom is -0.392 e. The van der Waals surface area contributed by atoms with Gasteiger partial charge in [0.05, 0.1) is 12.2 Å². The van der Waals surface area contributed by atoms with Crippen molar-refractivity contribution >= 4 is 0 Å². The van der Waals surface area contributed by atoms with Crippen molar-refractivity contribution in [2.45, 2.75) is 97.7 Å². The molecule has 31 heavy (non-hydrogen) atoms. The van der Waals surface area contributed by atoms with Crippen LogP contribution in [0.5, 0.6) is 0 Å². The van der Waals surface area contributed by atoms with E-state index in [9.17, 15) is 5.11 Å². The molecular formula is C29H46O2. The molecule has 0 saturated heterocycles. The van der Waals surface area contributed by atoms with Gasteiger partial charge in [0.1, 0.15) is 0 Å². The highest BCUT2D eigenvalue weighted by Gasteiger charge is 2.77. The van der Waals surface area contributed by atoms with E-state index in [1.165, 1.54) is 51.4 Å². The molecule has 5 fully saturated rings. The number of aliphatic hydroxyl groups is 1. The summed E-state index contributed by atoms with van der Waals surface area (Å²) in [5, 5.41) is 11.1. The molecule has 0 amide bonds. The van der Waals surface area contributed by atoms with Gasteiger partial charge in [-0.1, -0.05) is 45.1 Å². The summed E-state index contributed by atoms with van der Waals surface area (Å²) in [4.78, 5) is 0. The van der Waals surface area contributed by atoms with E-state index in [1.807, 2.05) is 14.0 Å². The van der Waals surface area contributed by atoms with Gasteiger partial charge in [-0.2, -0.15) is 0 Å². The zero-order valence-electron chi connectivity index (χ0n) is 20.8. The summed E-state index contributed by atoms with van der Waals surface area (Å²) in [6.45, 7) is 17.7. The quantitative estimate of drug-likeness (QED) is 0.474. The molecule has 5 rings (SSSR count). The molecule has 0 aromatic carbocycles. The highest BCUT2D eigenvalue weighted by atomic mass is 16.5. The Balaban J connectivity index is 1.38. The fourth-order valence-electron chi connectivity index (χ4n) is 10.4. The summed E-state index contributed by atoms with van der Waals surface area (Å²) in [6.07, 6.45) is 11.9. The summed E-state index contributed by atoms with van der Waals surface area (Å²) in [7, 11) is 1.99. The molecule has 0 radical (unpaired) electrons. The Hall–Kier alpha value is -0.600. The average Bonchev–Trinajstić information content (AvgIpc) is 3.24. The Bertz CT molecular complexity index is 771. The molecule has 0 aromatic rings. The molecule has 11 atom stereocenters. The van der Waals surface area contributed by atoms with Gasteiger partial charge in [-0.25, -0.2) is 0 Å². The molecule has 1 unspecified atom stereocenters. The fourth-order valence-corrected chi connectivity index (χ4v) is 10.4. The van der Waals surface area contributed by atoms with Crippen LogP contribution in [0.25, 0.3) is 0 Å². The van der Waals surface area contributed by atoms with Gasteiger partial charge < -0.3 is 9.84 Å². The summed E-state index contributed by atoms with van der Waals surface area (Å²) < 4.78 is 6.27. The van der Waals surface area contributed by atoms with Crippen LogP contribution in [-0.4, -0.2) is 24.4 Å². The number of hydrogen-bond donors (Lipinski definition) is 1. The van der Waals surface area contributed by atoms with Crippen molar-refractivity contribution in [3.8, 4) is 0 Å². The van der Waals surface area contributed by atoms with Crippen molar-refractivity contribution in [3.05, 3.63) is 24.3 Å². The molecule has 1 spiro atoms.